The zero-order valence-electron chi connectivity index (χ0n) is 22.5. The lowest BCUT2D eigenvalue weighted by molar-refractivity contribution is -0.147. The highest BCUT2D eigenvalue weighted by molar-refractivity contribution is 7.90. The van der Waals surface area contributed by atoms with Crippen molar-refractivity contribution in [3.8, 4) is 22.9 Å². The molecule has 1 aliphatic rings. The van der Waals surface area contributed by atoms with Crippen LogP contribution in [0.2, 0.25) is 0 Å². The fourth-order valence-corrected chi connectivity index (χ4v) is 6.92. The number of nitrogens with zero attached hydrogens (tertiary/aromatic N) is 5. The van der Waals surface area contributed by atoms with Crippen LogP contribution < -0.4 is 0 Å². The third-order valence-corrected chi connectivity index (χ3v) is 9.34. The van der Waals surface area contributed by atoms with Crippen molar-refractivity contribution < 1.29 is 28.5 Å². The fourth-order valence-electron chi connectivity index (χ4n) is 5.60. The van der Waals surface area contributed by atoms with E-state index in [4.69, 9.17) is 4.98 Å². The number of hydrogen-bond acceptors (Lipinski definition) is 8. The minimum Gasteiger partial charge on any atom is -0.508 e. The Balaban J connectivity index is 1.54. The van der Waals surface area contributed by atoms with Crippen molar-refractivity contribution in [2.45, 2.75) is 31.2 Å². The Labute approximate surface area is 236 Å². The molecule has 4 heterocycles. The van der Waals surface area contributed by atoms with Gasteiger partial charge in [0.25, 0.3) is 10.0 Å². The second-order valence-corrected chi connectivity index (χ2v) is 12.8. The quantitative estimate of drug-likeness (QED) is 0.261. The first kappa shape index (κ1) is 26.8. The standard InChI is InChI=1S/C29H29N5O6S/c1-29(2,28(37)38)17-32-12-10-18(16-32)34-25-22-11-13-33(41(39,40)20-6-4-3-5-7-20)26(22)30-15-23(25)31-27(34)21-9-8-19(35)14-24(21)36/h3-9,11,13-15,18,35-36H,10,12,16-17H2,1-2H3,(H,37,38). The molecule has 0 radical (unpaired) electrons. The van der Waals surface area contributed by atoms with E-state index in [0.717, 1.165) is 3.97 Å². The van der Waals surface area contributed by atoms with Crippen LogP contribution >= 0.6 is 0 Å². The number of rotatable bonds is 7. The van der Waals surface area contributed by atoms with Crippen LogP contribution in [0.5, 0.6) is 11.5 Å². The zero-order valence-corrected chi connectivity index (χ0v) is 23.3. The summed E-state index contributed by atoms with van der Waals surface area (Å²) in [5.41, 5.74) is 0.867. The van der Waals surface area contributed by atoms with Crippen LogP contribution in [0.4, 0.5) is 0 Å². The normalized spacial score (nSPS) is 16.6. The summed E-state index contributed by atoms with van der Waals surface area (Å²) in [6.07, 6.45) is 3.68. The molecule has 1 saturated heterocycles. The van der Waals surface area contributed by atoms with E-state index in [1.807, 2.05) is 4.57 Å². The largest absolute Gasteiger partial charge is 0.508 e. The highest BCUT2D eigenvalue weighted by Crippen LogP contribution is 2.40. The summed E-state index contributed by atoms with van der Waals surface area (Å²) < 4.78 is 30.2. The van der Waals surface area contributed by atoms with E-state index in [1.54, 1.807) is 44.2 Å². The van der Waals surface area contributed by atoms with Gasteiger partial charge in [0.15, 0.2) is 5.65 Å². The van der Waals surface area contributed by atoms with Crippen LogP contribution in [0.25, 0.3) is 33.5 Å². The molecule has 0 spiro atoms. The average Bonchev–Trinajstić information content (AvgIpc) is 3.65. The van der Waals surface area contributed by atoms with Crippen LogP contribution in [-0.4, -0.2) is 72.7 Å². The molecule has 0 saturated carbocycles. The summed E-state index contributed by atoms with van der Waals surface area (Å²) in [5, 5.41) is 30.9. The maximum Gasteiger partial charge on any atom is 0.310 e. The summed E-state index contributed by atoms with van der Waals surface area (Å²) >= 11 is 0. The predicted octanol–water partition coefficient (Wildman–Crippen LogP) is 4.06. The number of carbonyl (C=O) groups is 1. The number of phenols is 2. The molecule has 2 aromatic carbocycles. The first-order valence-corrected chi connectivity index (χ1v) is 14.6. The Morgan fingerprint density at radius 3 is 2.56 bits per heavy atom. The lowest BCUT2D eigenvalue weighted by Gasteiger charge is -2.26. The molecular formula is C29H29N5O6S. The third kappa shape index (κ3) is 4.49. The topological polar surface area (TPSA) is 151 Å². The number of phenolic OH excluding ortho intramolecular Hbond substituents is 2. The fraction of sp³-hybridized carbons (Fsp3) is 0.276. The van der Waals surface area contributed by atoms with Crippen molar-refractivity contribution in [2.24, 2.45) is 5.41 Å². The first-order valence-electron chi connectivity index (χ1n) is 13.1. The lowest BCUT2D eigenvalue weighted by Crippen LogP contribution is -2.38. The van der Waals surface area contributed by atoms with Gasteiger partial charge in [0.2, 0.25) is 0 Å². The molecule has 1 aliphatic heterocycles. The van der Waals surface area contributed by atoms with E-state index in [1.165, 1.54) is 36.7 Å². The van der Waals surface area contributed by atoms with Gasteiger partial charge in [-0.05, 0) is 50.6 Å². The van der Waals surface area contributed by atoms with Gasteiger partial charge in [0, 0.05) is 43.3 Å². The molecule has 1 unspecified atom stereocenters. The molecule has 0 bridgehead atoms. The highest BCUT2D eigenvalue weighted by Gasteiger charge is 2.35. The van der Waals surface area contributed by atoms with Crippen molar-refractivity contribution in [1.29, 1.82) is 0 Å². The molecule has 11 nitrogen and oxygen atoms in total. The molecule has 41 heavy (non-hydrogen) atoms. The van der Waals surface area contributed by atoms with Crippen molar-refractivity contribution in [3.63, 3.8) is 0 Å². The lowest BCUT2D eigenvalue weighted by atomic mass is 9.93. The molecule has 1 atom stereocenters. The number of pyridine rings is 1. The summed E-state index contributed by atoms with van der Waals surface area (Å²) in [7, 11) is -3.92. The molecule has 6 rings (SSSR count). The number of carboxylic acid groups (broad SMARTS) is 1. The minimum absolute atomic E-state index is 0.0934. The van der Waals surface area contributed by atoms with Crippen LogP contribution in [0.3, 0.4) is 0 Å². The average molecular weight is 576 g/mol. The number of fused-ring (bicyclic) bond motifs is 3. The van der Waals surface area contributed by atoms with E-state index in [2.05, 4.69) is 9.88 Å². The van der Waals surface area contributed by atoms with E-state index in [-0.39, 0.29) is 28.1 Å². The van der Waals surface area contributed by atoms with E-state index < -0.39 is 21.4 Å². The summed E-state index contributed by atoms with van der Waals surface area (Å²) in [6.45, 7) is 4.93. The zero-order chi connectivity index (χ0) is 29.1. The molecule has 1 fully saturated rings. The Morgan fingerprint density at radius 2 is 1.85 bits per heavy atom. The first-order chi connectivity index (χ1) is 19.5. The Kier molecular flexibility index (Phi) is 6.27. The number of carboxylic acids is 1. The summed E-state index contributed by atoms with van der Waals surface area (Å²) in [6, 6.07) is 14.0. The Bertz CT molecular complexity index is 1910. The molecule has 5 aromatic rings. The Morgan fingerprint density at radius 1 is 1.10 bits per heavy atom. The SMILES string of the molecule is CC(C)(CN1CCC(n2c(-c3ccc(O)cc3O)nc3cnc4c(ccn4S(=O)(=O)c4ccccc4)c32)C1)C(=O)O. The molecular weight excluding hydrogens is 546 g/mol. The van der Waals surface area contributed by atoms with E-state index in [0.29, 0.717) is 53.9 Å². The second kappa shape index (κ2) is 9.60. The Hall–Kier alpha value is -4.42. The van der Waals surface area contributed by atoms with Gasteiger partial charge >= 0.3 is 5.97 Å². The number of aromatic hydroxyl groups is 2. The summed E-state index contributed by atoms with van der Waals surface area (Å²) in [4.78, 5) is 23.3. The second-order valence-electron chi connectivity index (χ2n) is 11.0. The van der Waals surface area contributed by atoms with Gasteiger partial charge < -0.3 is 24.8 Å². The maximum absolute atomic E-state index is 13.5. The van der Waals surface area contributed by atoms with Gasteiger partial charge in [-0.15, -0.1) is 0 Å². The number of benzene rings is 2. The van der Waals surface area contributed by atoms with Gasteiger partial charge in [-0.2, -0.15) is 0 Å². The molecule has 0 amide bonds. The van der Waals surface area contributed by atoms with Gasteiger partial charge in [-0.3, -0.25) is 4.79 Å². The van der Waals surface area contributed by atoms with Crippen LogP contribution in [0.15, 0.2) is 71.9 Å². The molecule has 0 aliphatic carbocycles. The van der Waals surface area contributed by atoms with Crippen LogP contribution in [0.1, 0.15) is 26.3 Å². The summed E-state index contributed by atoms with van der Waals surface area (Å²) in [5.74, 6) is -0.687. The number of aromatic nitrogens is 4. The number of imidazole rings is 1. The maximum atomic E-state index is 13.5. The number of aliphatic carboxylic acids is 1. The van der Waals surface area contributed by atoms with Crippen LogP contribution in [0, 0.1) is 5.41 Å². The highest BCUT2D eigenvalue weighted by atomic mass is 32.2. The van der Waals surface area contributed by atoms with E-state index in [9.17, 15) is 28.5 Å². The molecule has 12 heteroatoms. The van der Waals surface area contributed by atoms with Crippen molar-refractivity contribution in [3.05, 3.63) is 67.0 Å². The number of hydrogen-bond donors (Lipinski definition) is 3. The van der Waals surface area contributed by atoms with Crippen molar-refractivity contribution in [1.82, 2.24) is 23.4 Å². The third-order valence-electron chi connectivity index (χ3n) is 7.66. The number of likely N-dealkylation sites (tertiary alicyclic amines) is 1. The molecule has 212 valence electrons. The monoisotopic (exact) mass is 575 g/mol. The van der Waals surface area contributed by atoms with Gasteiger partial charge in [-0.25, -0.2) is 22.4 Å². The molecule has 3 N–H and O–H groups in total. The van der Waals surface area contributed by atoms with Crippen molar-refractivity contribution in [2.75, 3.05) is 19.6 Å². The van der Waals surface area contributed by atoms with Gasteiger partial charge in [0.05, 0.1) is 27.6 Å². The predicted molar refractivity (Wildman–Crippen MR) is 152 cm³/mol. The van der Waals surface area contributed by atoms with Crippen LogP contribution in [-0.2, 0) is 14.8 Å². The molecule has 3 aromatic heterocycles. The van der Waals surface area contributed by atoms with Crippen molar-refractivity contribution >= 4 is 38.1 Å². The van der Waals surface area contributed by atoms with Gasteiger partial charge in [0.1, 0.15) is 22.8 Å². The van der Waals surface area contributed by atoms with Gasteiger partial charge in [-0.1, -0.05) is 18.2 Å². The smallest absolute Gasteiger partial charge is 0.310 e. The minimum atomic E-state index is -3.92. The van der Waals surface area contributed by atoms with E-state index >= 15 is 0 Å².